The van der Waals surface area contributed by atoms with Crippen LogP contribution in [0.3, 0.4) is 0 Å². The first kappa shape index (κ1) is 16.9. The number of ether oxygens (including phenoxy) is 2. The summed E-state index contributed by atoms with van der Waals surface area (Å²) in [5.41, 5.74) is 1.07. The van der Waals surface area contributed by atoms with Gasteiger partial charge in [0.05, 0.1) is 13.2 Å². The van der Waals surface area contributed by atoms with Crippen molar-refractivity contribution >= 4 is 6.03 Å². The minimum absolute atomic E-state index is 0.0334. The number of urea groups is 1. The van der Waals surface area contributed by atoms with E-state index in [1.165, 1.54) is 6.42 Å². The average molecular weight is 332 g/mol. The Labute approximate surface area is 144 Å². The van der Waals surface area contributed by atoms with Gasteiger partial charge in [0.25, 0.3) is 0 Å². The highest BCUT2D eigenvalue weighted by molar-refractivity contribution is 5.77. The predicted molar refractivity (Wildman–Crippen MR) is 93.5 cm³/mol. The Morgan fingerprint density at radius 2 is 2.08 bits per heavy atom. The van der Waals surface area contributed by atoms with Gasteiger partial charge in [-0.1, -0.05) is 19.9 Å². The lowest BCUT2D eigenvalue weighted by Crippen LogP contribution is -2.25. The fourth-order valence-corrected chi connectivity index (χ4v) is 4.01. The third-order valence-electron chi connectivity index (χ3n) is 5.48. The zero-order valence-corrected chi connectivity index (χ0v) is 15.0. The van der Waals surface area contributed by atoms with Crippen LogP contribution in [0.5, 0.6) is 11.5 Å². The Balaban J connectivity index is 1.83. The molecule has 4 atom stereocenters. The van der Waals surface area contributed by atoms with E-state index < -0.39 is 0 Å². The molecule has 3 unspecified atom stereocenters. The molecule has 1 N–H and O–H groups in total. The fourth-order valence-electron chi connectivity index (χ4n) is 4.01. The van der Waals surface area contributed by atoms with Crippen LogP contribution < -0.4 is 14.8 Å². The standard InChI is InChI=1S/C19H28N2O3/c1-5-13-8-12(2)9-17(13)24-18-10-14(6-7-16(18)23-4)15-11-20-19(22)21(15)3/h6-7,10,12-13,15,17H,5,8-9,11H2,1-4H3,(H,20,22)/t12?,13?,15?,17-/m1/s1. The van der Waals surface area contributed by atoms with E-state index in [9.17, 15) is 4.79 Å². The van der Waals surface area contributed by atoms with Crippen LogP contribution >= 0.6 is 0 Å². The number of carbonyl (C=O) groups is 1. The first-order valence-electron chi connectivity index (χ1n) is 8.88. The van der Waals surface area contributed by atoms with Crippen LogP contribution in [0.1, 0.15) is 44.7 Å². The monoisotopic (exact) mass is 332 g/mol. The van der Waals surface area contributed by atoms with E-state index in [-0.39, 0.29) is 18.2 Å². The molecule has 1 aliphatic carbocycles. The van der Waals surface area contributed by atoms with E-state index in [1.807, 2.05) is 25.2 Å². The lowest BCUT2D eigenvalue weighted by atomic mass is 10.0. The van der Waals surface area contributed by atoms with E-state index in [4.69, 9.17) is 9.47 Å². The average Bonchev–Trinajstić information content (AvgIpc) is 3.10. The number of hydrogen-bond acceptors (Lipinski definition) is 3. The minimum atomic E-state index is -0.0334. The summed E-state index contributed by atoms with van der Waals surface area (Å²) in [6.07, 6.45) is 3.71. The van der Waals surface area contributed by atoms with Crippen LogP contribution in [-0.2, 0) is 0 Å². The third-order valence-corrected chi connectivity index (χ3v) is 5.48. The topological polar surface area (TPSA) is 50.8 Å². The van der Waals surface area contributed by atoms with E-state index in [1.54, 1.807) is 12.0 Å². The number of likely N-dealkylation sites (N-methyl/N-ethyl adjacent to an activating group) is 1. The summed E-state index contributed by atoms with van der Waals surface area (Å²) in [5.74, 6) is 2.86. The van der Waals surface area contributed by atoms with Crippen molar-refractivity contribution in [1.29, 1.82) is 0 Å². The zero-order valence-electron chi connectivity index (χ0n) is 15.0. The van der Waals surface area contributed by atoms with Gasteiger partial charge >= 0.3 is 6.03 Å². The van der Waals surface area contributed by atoms with Crippen molar-refractivity contribution in [1.82, 2.24) is 10.2 Å². The number of nitrogens with zero attached hydrogens (tertiary/aromatic N) is 1. The molecule has 1 saturated carbocycles. The van der Waals surface area contributed by atoms with E-state index in [0.717, 1.165) is 29.9 Å². The van der Waals surface area contributed by atoms with Crippen molar-refractivity contribution in [2.75, 3.05) is 20.7 Å². The maximum atomic E-state index is 11.7. The molecule has 0 spiro atoms. The molecule has 1 aromatic carbocycles. The van der Waals surface area contributed by atoms with Crippen molar-refractivity contribution in [2.45, 2.75) is 45.3 Å². The summed E-state index contributed by atoms with van der Waals surface area (Å²) in [7, 11) is 3.49. The molecule has 0 bridgehead atoms. The molecule has 0 radical (unpaired) electrons. The van der Waals surface area contributed by atoms with Gasteiger partial charge in [0.2, 0.25) is 0 Å². The molecule has 1 saturated heterocycles. The molecule has 1 heterocycles. The lowest BCUT2D eigenvalue weighted by Gasteiger charge is -2.24. The van der Waals surface area contributed by atoms with Crippen LogP contribution in [-0.4, -0.2) is 37.7 Å². The molecule has 5 heteroatoms. The molecular weight excluding hydrogens is 304 g/mol. The van der Waals surface area contributed by atoms with Crippen molar-refractivity contribution in [2.24, 2.45) is 11.8 Å². The molecule has 0 aromatic heterocycles. The van der Waals surface area contributed by atoms with Crippen LogP contribution in [0.4, 0.5) is 4.79 Å². The summed E-state index contributed by atoms with van der Waals surface area (Å²) in [6.45, 7) is 5.15. The second kappa shape index (κ2) is 6.91. The Kier molecular flexibility index (Phi) is 4.88. The SMILES string of the molecule is CCC1CC(C)C[C@H]1Oc1cc(C2CNC(=O)N2C)ccc1OC. The molecule has 5 nitrogen and oxygen atoms in total. The maximum absolute atomic E-state index is 11.7. The van der Waals surface area contributed by atoms with Gasteiger partial charge in [-0.25, -0.2) is 4.79 Å². The number of hydrogen-bond donors (Lipinski definition) is 1. The summed E-state index contributed by atoms with van der Waals surface area (Å²) in [5, 5.41) is 2.88. The van der Waals surface area contributed by atoms with E-state index >= 15 is 0 Å². The zero-order chi connectivity index (χ0) is 17.3. The highest BCUT2D eigenvalue weighted by Crippen LogP contribution is 2.39. The van der Waals surface area contributed by atoms with E-state index in [2.05, 4.69) is 19.2 Å². The molecule has 132 valence electrons. The summed E-state index contributed by atoms with van der Waals surface area (Å²) in [4.78, 5) is 13.5. The molecule has 2 aliphatic rings. The molecule has 2 fully saturated rings. The molecule has 2 amide bonds. The first-order valence-corrected chi connectivity index (χ1v) is 8.88. The smallest absolute Gasteiger partial charge is 0.317 e. The summed E-state index contributed by atoms with van der Waals surface area (Å²) < 4.78 is 11.9. The van der Waals surface area contributed by atoms with Crippen LogP contribution in [0.15, 0.2) is 18.2 Å². The Bertz CT molecular complexity index is 604. The van der Waals surface area contributed by atoms with Gasteiger partial charge in [-0.3, -0.25) is 0 Å². The number of nitrogens with one attached hydrogen (secondary N) is 1. The van der Waals surface area contributed by atoms with Gasteiger partial charge in [-0.2, -0.15) is 0 Å². The summed E-state index contributed by atoms with van der Waals surface area (Å²) >= 11 is 0. The van der Waals surface area contributed by atoms with Crippen molar-refractivity contribution in [3.8, 4) is 11.5 Å². The molecule has 1 aromatic rings. The molecule has 1 aliphatic heterocycles. The number of amides is 2. The number of methoxy groups -OCH3 is 1. The van der Waals surface area contributed by atoms with Crippen molar-refractivity contribution in [3.63, 3.8) is 0 Å². The Morgan fingerprint density at radius 3 is 2.71 bits per heavy atom. The van der Waals surface area contributed by atoms with Crippen LogP contribution in [0.25, 0.3) is 0 Å². The first-order chi connectivity index (χ1) is 11.5. The van der Waals surface area contributed by atoms with Crippen molar-refractivity contribution < 1.29 is 14.3 Å². The second-order valence-electron chi connectivity index (χ2n) is 7.12. The highest BCUT2D eigenvalue weighted by Gasteiger charge is 2.34. The van der Waals surface area contributed by atoms with Gasteiger partial charge < -0.3 is 19.7 Å². The lowest BCUT2D eigenvalue weighted by molar-refractivity contribution is 0.149. The van der Waals surface area contributed by atoms with Gasteiger partial charge in [-0.05, 0) is 48.8 Å². The van der Waals surface area contributed by atoms with Crippen LogP contribution in [0.2, 0.25) is 0 Å². The Morgan fingerprint density at radius 1 is 1.29 bits per heavy atom. The van der Waals surface area contributed by atoms with Gasteiger partial charge in [0, 0.05) is 13.6 Å². The van der Waals surface area contributed by atoms with Gasteiger partial charge in [0.15, 0.2) is 11.5 Å². The second-order valence-corrected chi connectivity index (χ2v) is 7.12. The quantitative estimate of drug-likeness (QED) is 0.896. The molecule has 24 heavy (non-hydrogen) atoms. The van der Waals surface area contributed by atoms with Gasteiger partial charge in [0.1, 0.15) is 6.10 Å². The minimum Gasteiger partial charge on any atom is -0.493 e. The third kappa shape index (κ3) is 3.17. The highest BCUT2D eigenvalue weighted by atomic mass is 16.5. The Hall–Kier alpha value is -1.91. The molecular formula is C19H28N2O3. The largest absolute Gasteiger partial charge is 0.493 e. The van der Waals surface area contributed by atoms with Gasteiger partial charge in [-0.15, -0.1) is 0 Å². The number of benzene rings is 1. The fraction of sp³-hybridized carbons (Fsp3) is 0.632. The predicted octanol–water partition coefficient (Wildman–Crippen LogP) is 3.59. The van der Waals surface area contributed by atoms with E-state index in [0.29, 0.717) is 18.4 Å². The van der Waals surface area contributed by atoms with Crippen LogP contribution in [0, 0.1) is 11.8 Å². The number of rotatable bonds is 5. The van der Waals surface area contributed by atoms with Crippen molar-refractivity contribution in [3.05, 3.63) is 23.8 Å². The maximum Gasteiger partial charge on any atom is 0.317 e. The molecule has 3 rings (SSSR count). The number of carbonyl (C=O) groups excluding carboxylic acids is 1. The summed E-state index contributed by atoms with van der Waals surface area (Å²) in [6, 6.07) is 6.00. The normalized spacial score (nSPS) is 29.7.